The number of methoxy groups -OCH3 is 1. The number of anilines is 1. The number of aromatic nitrogens is 2. The van der Waals surface area contributed by atoms with Crippen molar-refractivity contribution in [2.75, 3.05) is 12.4 Å². The van der Waals surface area contributed by atoms with Gasteiger partial charge in [-0.3, -0.25) is 10.1 Å². The molecule has 1 aromatic carbocycles. The lowest BCUT2D eigenvalue weighted by atomic mass is 10.2. The predicted octanol–water partition coefficient (Wildman–Crippen LogP) is 3.63. The molecule has 2 aromatic heterocycles. The molecular weight excluding hydrogens is 330 g/mol. The maximum Gasteiger partial charge on any atom is 0.293 e. The Bertz CT molecular complexity index is 952. The Labute approximate surface area is 142 Å². The van der Waals surface area contributed by atoms with E-state index in [-0.39, 0.29) is 11.7 Å². The molecule has 3 aromatic rings. The first-order valence-electron chi connectivity index (χ1n) is 7.57. The van der Waals surface area contributed by atoms with Gasteiger partial charge in [0.05, 0.1) is 7.11 Å². The van der Waals surface area contributed by atoms with Crippen molar-refractivity contribution in [1.82, 2.24) is 9.97 Å². The first-order chi connectivity index (χ1) is 11.6. The van der Waals surface area contributed by atoms with Crippen molar-refractivity contribution >= 4 is 34.4 Å². The van der Waals surface area contributed by atoms with Gasteiger partial charge in [0.25, 0.3) is 5.91 Å². The number of halogens is 1. The van der Waals surface area contributed by atoms with Gasteiger partial charge in [-0.25, -0.2) is 9.97 Å². The molecule has 7 heteroatoms. The van der Waals surface area contributed by atoms with E-state index in [1.807, 2.05) is 0 Å². The summed E-state index contributed by atoms with van der Waals surface area (Å²) in [4.78, 5) is 21.0. The largest absolute Gasteiger partial charge is 0.493 e. The fourth-order valence-corrected chi connectivity index (χ4v) is 3.10. The highest BCUT2D eigenvalue weighted by atomic mass is 35.5. The number of carbonyl (C=O) groups is 1. The number of fused-ring (bicyclic) bond motifs is 2. The molecule has 0 atom stereocenters. The minimum Gasteiger partial charge on any atom is -0.493 e. The number of ether oxygens (including phenoxy) is 1. The predicted molar refractivity (Wildman–Crippen MR) is 89.8 cm³/mol. The molecule has 1 amide bonds. The van der Waals surface area contributed by atoms with Crippen LogP contribution in [0.4, 0.5) is 5.95 Å². The number of furan rings is 1. The molecule has 1 N–H and O–H groups in total. The summed E-state index contributed by atoms with van der Waals surface area (Å²) in [6.45, 7) is 0. The molecule has 1 aliphatic carbocycles. The lowest BCUT2D eigenvalue weighted by Gasteiger charge is -2.03. The molecule has 0 bridgehead atoms. The van der Waals surface area contributed by atoms with Crippen LogP contribution in [0.3, 0.4) is 0 Å². The molecule has 24 heavy (non-hydrogen) atoms. The van der Waals surface area contributed by atoms with Gasteiger partial charge in [0.15, 0.2) is 17.1 Å². The van der Waals surface area contributed by atoms with Crippen molar-refractivity contribution in [2.45, 2.75) is 19.3 Å². The van der Waals surface area contributed by atoms with Crippen LogP contribution < -0.4 is 10.1 Å². The lowest BCUT2D eigenvalue weighted by molar-refractivity contribution is 0.0997. The third kappa shape index (κ3) is 2.59. The van der Waals surface area contributed by atoms with Gasteiger partial charge in [0.1, 0.15) is 0 Å². The zero-order chi connectivity index (χ0) is 16.7. The van der Waals surface area contributed by atoms with E-state index in [2.05, 4.69) is 15.3 Å². The number of amides is 1. The van der Waals surface area contributed by atoms with Crippen LogP contribution in [0.1, 0.15) is 28.2 Å². The third-order valence-corrected chi connectivity index (χ3v) is 4.25. The molecule has 6 nitrogen and oxygen atoms in total. The fourth-order valence-electron chi connectivity index (χ4n) is 2.89. The van der Waals surface area contributed by atoms with Gasteiger partial charge in [-0.05, 0) is 37.0 Å². The van der Waals surface area contributed by atoms with Crippen LogP contribution >= 0.6 is 11.6 Å². The maximum absolute atomic E-state index is 12.4. The summed E-state index contributed by atoms with van der Waals surface area (Å²) in [7, 11) is 1.52. The van der Waals surface area contributed by atoms with E-state index in [9.17, 15) is 4.79 Å². The van der Waals surface area contributed by atoms with Crippen LogP contribution in [0.5, 0.6) is 5.75 Å². The molecule has 0 radical (unpaired) electrons. The average molecular weight is 344 g/mol. The SMILES string of the molecule is COc1cc(Cl)cc2cc(C(=O)Nc3ncc4c(n3)CCC4)oc12. The Kier molecular flexibility index (Phi) is 3.61. The summed E-state index contributed by atoms with van der Waals surface area (Å²) in [6.07, 6.45) is 4.76. The first kappa shape index (κ1) is 15.0. The van der Waals surface area contributed by atoms with E-state index >= 15 is 0 Å². The Hall–Kier alpha value is -2.60. The molecule has 2 heterocycles. The standard InChI is InChI=1S/C17H14ClN3O3/c1-23-13-7-11(18)5-10-6-14(24-15(10)13)16(22)21-17-19-8-9-3-2-4-12(9)20-17/h5-8H,2-4H2,1H3,(H,19,20,21,22). The number of benzene rings is 1. The second-order valence-corrected chi connectivity index (χ2v) is 6.05. The molecule has 122 valence electrons. The summed E-state index contributed by atoms with van der Waals surface area (Å²) in [5.74, 6) is 0.494. The smallest absolute Gasteiger partial charge is 0.293 e. The van der Waals surface area contributed by atoms with E-state index in [1.54, 1.807) is 24.4 Å². The number of nitrogens with zero attached hydrogens (tertiary/aromatic N) is 2. The Morgan fingerprint density at radius 2 is 2.21 bits per heavy atom. The van der Waals surface area contributed by atoms with Crippen LogP contribution in [0.2, 0.25) is 5.02 Å². The number of nitrogens with one attached hydrogen (secondary N) is 1. The molecule has 0 unspecified atom stereocenters. The van der Waals surface area contributed by atoms with Crippen LogP contribution in [0.25, 0.3) is 11.0 Å². The van der Waals surface area contributed by atoms with Crippen LogP contribution in [0, 0.1) is 0 Å². The number of aryl methyl sites for hydroxylation is 2. The van der Waals surface area contributed by atoms with E-state index in [0.29, 0.717) is 21.7 Å². The van der Waals surface area contributed by atoms with Gasteiger partial charge in [-0.2, -0.15) is 0 Å². The van der Waals surface area contributed by atoms with E-state index in [0.717, 1.165) is 30.5 Å². The van der Waals surface area contributed by atoms with Crippen LogP contribution in [-0.2, 0) is 12.8 Å². The molecule has 0 aliphatic heterocycles. The number of hydrogen-bond donors (Lipinski definition) is 1. The van der Waals surface area contributed by atoms with Crippen molar-refractivity contribution in [3.8, 4) is 5.75 Å². The zero-order valence-electron chi connectivity index (χ0n) is 12.9. The van der Waals surface area contributed by atoms with Crippen molar-refractivity contribution < 1.29 is 13.9 Å². The van der Waals surface area contributed by atoms with Gasteiger partial charge >= 0.3 is 0 Å². The van der Waals surface area contributed by atoms with Gasteiger partial charge in [-0.15, -0.1) is 0 Å². The van der Waals surface area contributed by atoms with E-state index in [4.69, 9.17) is 20.8 Å². The Morgan fingerprint density at radius 3 is 3.04 bits per heavy atom. The monoisotopic (exact) mass is 343 g/mol. The molecule has 0 saturated carbocycles. The summed E-state index contributed by atoms with van der Waals surface area (Å²) in [6, 6.07) is 4.97. The van der Waals surface area contributed by atoms with Crippen molar-refractivity contribution in [1.29, 1.82) is 0 Å². The number of carbonyl (C=O) groups excluding carboxylic acids is 1. The minimum absolute atomic E-state index is 0.148. The van der Waals surface area contributed by atoms with Crippen molar-refractivity contribution in [3.05, 3.63) is 46.4 Å². The van der Waals surface area contributed by atoms with Crippen LogP contribution in [0.15, 0.2) is 28.8 Å². The summed E-state index contributed by atoms with van der Waals surface area (Å²) >= 11 is 6.03. The van der Waals surface area contributed by atoms with E-state index in [1.165, 1.54) is 7.11 Å². The average Bonchev–Trinajstić information content (AvgIpc) is 3.19. The highest BCUT2D eigenvalue weighted by Gasteiger charge is 2.18. The number of hydrogen-bond acceptors (Lipinski definition) is 5. The molecule has 0 spiro atoms. The zero-order valence-corrected chi connectivity index (χ0v) is 13.7. The molecule has 0 fully saturated rings. The molecule has 4 rings (SSSR count). The Morgan fingerprint density at radius 1 is 1.33 bits per heavy atom. The second-order valence-electron chi connectivity index (χ2n) is 5.61. The summed E-state index contributed by atoms with van der Waals surface area (Å²) in [5.41, 5.74) is 2.62. The molecular formula is C17H14ClN3O3. The highest BCUT2D eigenvalue weighted by molar-refractivity contribution is 6.31. The summed E-state index contributed by atoms with van der Waals surface area (Å²) in [5, 5.41) is 3.87. The topological polar surface area (TPSA) is 77.2 Å². The van der Waals surface area contributed by atoms with Gasteiger partial charge in [0, 0.05) is 28.4 Å². The summed E-state index contributed by atoms with van der Waals surface area (Å²) < 4.78 is 10.9. The van der Waals surface area contributed by atoms with Gasteiger partial charge in [-0.1, -0.05) is 11.6 Å². The normalized spacial score (nSPS) is 13.1. The quantitative estimate of drug-likeness (QED) is 0.785. The van der Waals surface area contributed by atoms with Gasteiger partial charge in [0.2, 0.25) is 5.95 Å². The number of rotatable bonds is 3. The first-order valence-corrected chi connectivity index (χ1v) is 7.95. The lowest BCUT2D eigenvalue weighted by Crippen LogP contribution is -2.14. The Balaban J connectivity index is 1.63. The minimum atomic E-state index is -0.415. The van der Waals surface area contributed by atoms with Gasteiger partial charge < -0.3 is 9.15 Å². The second kappa shape index (κ2) is 5.79. The maximum atomic E-state index is 12.4. The van der Waals surface area contributed by atoms with Crippen LogP contribution in [-0.4, -0.2) is 23.0 Å². The van der Waals surface area contributed by atoms with Crippen molar-refractivity contribution in [3.63, 3.8) is 0 Å². The molecule has 0 saturated heterocycles. The van der Waals surface area contributed by atoms with Crippen molar-refractivity contribution in [2.24, 2.45) is 0 Å². The fraction of sp³-hybridized carbons (Fsp3) is 0.235. The third-order valence-electron chi connectivity index (χ3n) is 4.03. The highest BCUT2D eigenvalue weighted by Crippen LogP contribution is 2.32. The molecule has 1 aliphatic rings. The van der Waals surface area contributed by atoms with E-state index < -0.39 is 5.91 Å².